The van der Waals surface area contributed by atoms with Crippen molar-refractivity contribution in [2.24, 2.45) is 0 Å². The molecular weight excluding hydrogens is 306 g/mol. The third-order valence-electron chi connectivity index (χ3n) is 3.20. The van der Waals surface area contributed by atoms with Gasteiger partial charge in [-0.3, -0.25) is 0 Å². The average Bonchev–Trinajstić information content (AvgIpc) is 2.94. The topological polar surface area (TPSA) is 75.3 Å². The molecule has 0 saturated carbocycles. The van der Waals surface area contributed by atoms with E-state index in [4.69, 9.17) is 5.26 Å². The summed E-state index contributed by atoms with van der Waals surface area (Å²) in [5, 5.41) is 25.4. The third-order valence-corrected chi connectivity index (χ3v) is 4.31. The molecule has 3 aromatic rings. The number of rotatable bonds is 3. The van der Waals surface area contributed by atoms with E-state index < -0.39 is 0 Å². The van der Waals surface area contributed by atoms with Crippen LogP contribution in [-0.2, 0) is 0 Å². The minimum atomic E-state index is 0.688. The van der Waals surface area contributed by atoms with E-state index in [0.29, 0.717) is 11.4 Å². The van der Waals surface area contributed by atoms with Gasteiger partial charge in [0, 0.05) is 4.88 Å². The maximum atomic E-state index is 8.98. The number of thiophene rings is 1. The first kappa shape index (κ1) is 15.0. The summed E-state index contributed by atoms with van der Waals surface area (Å²) in [5.41, 5.74) is 4.00. The number of nitrogens with zero attached hydrogens (tertiary/aromatic N) is 5. The number of hydrogen-bond donors (Lipinski definition) is 0. The molecule has 112 valence electrons. The molecule has 0 bridgehead atoms. The molecule has 0 amide bonds. The summed E-state index contributed by atoms with van der Waals surface area (Å²) in [6.45, 7) is 3.82. The fraction of sp³-hybridized carbons (Fsp3) is 0.118. The summed E-state index contributed by atoms with van der Waals surface area (Å²) < 4.78 is 0. The lowest BCUT2D eigenvalue weighted by atomic mass is 10.2. The van der Waals surface area contributed by atoms with Crippen molar-refractivity contribution in [2.45, 2.75) is 13.8 Å². The number of aryl methyl sites for hydroxylation is 2. The molecule has 5 nitrogen and oxygen atoms in total. The summed E-state index contributed by atoms with van der Waals surface area (Å²) in [4.78, 5) is 1.76. The molecule has 0 radical (unpaired) electrons. The fourth-order valence-electron chi connectivity index (χ4n) is 1.97. The highest BCUT2D eigenvalue weighted by Crippen LogP contribution is 2.22. The van der Waals surface area contributed by atoms with Crippen molar-refractivity contribution in [1.82, 2.24) is 20.4 Å². The van der Waals surface area contributed by atoms with E-state index in [0.717, 1.165) is 26.7 Å². The Bertz CT molecular complexity index is 886. The van der Waals surface area contributed by atoms with Gasteiger partial charge < -0.3 is 0 Å². The highest BCUT2D eigenvalue weighted by Gasteiger charge is 2.04. The van der Waals surface area contributed by atoms with Crippen LogP contribution in [0.3, 0.4) is 0 Å². The SMILES string of the molecule is Cc1ccc(-c2ccc(C=Cc3cc(C)c(C#N)s3)nn2)nn1. The van der Waals surface area contributed by atoms with Crippen molar-refractivity contribution >= 4 is 23.5 Å². The molecule has 0 unspecified atom stereocenters. The summed E-state index contributed by atoms with van der Waals surface area (Å²) in [7, 11) is 0. The molecule has 0 spiro atoms. The summed E-state index contributed by atoms with van der Waals surface area (Å²) in [5.74, 6) is 0. The molecule has 0 aliphatic heterocycles. The average molecular weight is 319 g/mol. The highest BCUT2D eigenvalue weighted by atomic mass is 32.1. The largest absolute Gasteiger partial charge is 0.192 e. The Morgan fingerprint density at radius 1 is 0.957 bits per heavy atom. The molecular formula is C17H13N5S. The second kappa shape index (κ2) is 6.46. The Hall–Kier alpha value is -2.91. The Labute approximate surface area is 138 Å². The van der Waals surface area contributed by atoms with E-state index in [1.165, 1.54) is 11.3 Å². The monoisotopic (exact) mass is 319 g/mol. The van der Waals surface area contributed by atoms with E-state index in [1.807, 2.05) is 56.3 Å². The summed E-state index contributed by atoms with van der Waals surface area (Å²) in [6.07, 6.45) is 3.82. The van der Waals surface area contributed by atoms with Crippen LogP contribution in [0.4, 0.5) is 0 Å². The van der Waals surface area contributed by atoms with Gasteiger partial charge in [0.2, 0.25) is 0 Å². The molecule has 23 heavy (non-hydrogen) atoms. The van der Waals surface area contributed by atoms with Crippen molar-refractivity contribution in [1.29, 1.82) is 5.26 Å². The van der Waals surface area contributed by atoms with Gasteiger partial charge in [-0.2, -0.15) is 15.5 Å². The predicted octanol–water partition coefficient (Wildman–Crippen LogP) is 3.65. The van der Waals surface area contributed by atoms with Gasteiger partial charge in [-0.25, -0.2) is 0 Å². The molecule has 6 heteroatoms. The van der Waals surface area contributed by atoms with Gasteiger partial charge >= 0.3 is 0 Å². The van der Waals surface area contributed by atoms with Crippen molar-refractivity contribution < 1.29 is 0 Å². The van der Waals surface area contributed by atoms with Gasteiger partial charge in [-0.1, -0.05) is 0 Å². The first-order valence-electron chi connectivity index (χ1n) is 6.99. The minimum Gasteiger partial charge on any atom is -0.192 e. The van der Waals surface area contributed by atoms with Gasteiger partial charge in [0.05, 0.1) is 11.4 Å². The normalized spacial score (nSPS) is 10.8. The predicted molar refractivity (Wildman–Crippen MR) is 90.5 cm³/mol. The highest BCUT2D eigenvalue weighted by molar-refractivity contribution is 7.13. The van der Waals surface area contributed by atoms with Gasteiger partial charge in [0.15, 0.2) is 0 Å². The second-order valence-corrected chi connectivity index (χ2v) is 6.09. The maximum Gasteiger partial charge on any atom is 0.113 e. The van der Waals surface area contributed by atoms with E-state index in [2.05, 4.69) is 26.5 Å². The van der Waals surface area contributed by atoms with Crippen LogP contribution in [0.2, 0.25) is 0 Å². The summed E-state index contributed by atoms with van der Waals surface area (Å²) in [6, 6.07) is 11.7. The lowest BCUT2D eigenvalue weighted by molar-refractivity contribution is 0.958. The zero-order valence-corrected chi connectivity index (χ0v) is 13.5. The van der Waals surface area contributed by atoms with Crippen LogP contribution in [0.15, 0.2) is 30.3 Å². The molecule has 0 saturated heterocycles. The van der Waals surface area contributed by atoms with E-state index in [9.17, 15) is 0 Å². The second-order valence-electron chi connectivity index (χ2n) is 5.01. The first-order chi connectivity index (χ1) is 11.2. The van der Waals surface area contributed by atoms with E-state index in [1.54, 1.807) is 0 Å². The zero-order chi connectivity index (χ0) is 16.2. The van der Waals surface area contributed by atoms with Crippen LogP contribution in [0.25, 0.3) is 23.5 Å². The lowest BCUT2D eigenvalue weighted by Crippen LogP contribution is -1.94. The summed E-state index contributed by atoms with van der Waals surface area (Å²) >= 11 is 1.47. The Morgan fingerprint density at radius 3 is 2.26 bits per heavy atom. The fourth-order valence-corrected chi connectivity index (χ4v) is 2.84. The molecule has 0 fully saturated rings. The molecule has 0 atom stereocenters. The van der Waals surface area contributed by atoms with Crippen molar-refractivity contribution in [2.75, 3.05) is 0 Å². The van der Waals surface area contributed by atoms with Crippen LogP contribution in [0, 0.1) is 25.2 Å². The minimum absolute atomic E-state index is 0.688. The van der Waals surface area contributed by atoms with E-state index >= 15 is 0 Å². The smallest absolute Gasteiger partial charge is 0.113 e. The van der Waals surface area contributed by atoms with Crippen LogP contribution >= 0.6 is 11.3 Å². The van der Waals surface area contributed by atoms with Gasteiger partial charge in [0.1, 0.15) is 22.3 Å². The molecule has 3 rings (SSSR count). The third kappa shape index (κ3) is 3.47. The Kier molecular flexibility index (Phi) is 4.22. The molecule has 3 aromatic heterocycles. The van der Waals surface area contributed by atoms with Gasteiger partial charge in [-0.05, 0) is 61.9 Å². The molecule has 3 heterocycles. The first-order valence-corrected chi connectivity index (χ1v) is 7.80. The van der Waals surface area contributed by atoms with Crippen LogP contribution in [-0.4, -0.2) is 20.4 Å². The standard InChI is InChI=1S/C17H13N5S/c1-11-9-14(23-17(11)10-18)6-4-13-5-8-16(22-20-13)15-7-3-12(2)19-21-15/h3-9H,1-2H3. The van der Waals surface area contributed by atoms with Crippen molar-refractivity contribution in [3.8, 4) is 17.5 Å². The van der Waals surface area contributed by atoms with Gasteiger partial charge in [-0.15, -0.1) is 21.5 Å². The zero-order valence-electron chi connectivity index (χ0n) is 12.7. The quantitative estimate of drug-likeness (QED) is 0.736. The lowest BCUT2D eigenvalue weighted by Gasteiger charge is -1.98. The van der Waals surface area contributed by atoms with Crippen LogP contribution in [0.1, 0.15) is 26.7 Å². The number of aromatic nitrogens is 4. The maximum absolute atomic E-state index is 8.98. The van der Waals surface area contributed by atoms with Crippen molar-refractivity contribution in [3.05, 3.63) is 57.0 Å². The number of hydrogen-bond acceptors (Lipinski definition) is 6. The van der Waals surface area contributed by atoms with Gasteiger partial charge in [0.25, 0.3) is 0 Å². The molecule has 0 aromatic carbocycles. The Morgan fingerprint density at radius 2 is 1.70 bits per heavy atom. The number of nitriles is 1. The Balaban J connectivity index is 1.78. The van der Waals surface area contributed by atoms with Crippen LogP contribution < -0.4 is 0 Å². The molecule has 0 aliphatic rings. The molecule has 0 aliphatic carbocycles. The molecule has 0 N–H and O–H groups in total. The van der Waals surface area contributed by atoms with E-state index in [-0.39, 0.29) is 0 Å². The van der Waals surface area contributed by atoms with Crippen LogP contribution in [0.5, 0.6) is 0 Å². The van der Waals surface area contributed by atoms with Crippen molar-refractivity contribution in [3.63, 3.8) is 0 Å².